The van der Waals surface area contributed by atoms with Gasteiger partial charge in [0.1, 0.15) is 5.60 Å². The number of anilines is 1. The number of methoxy groups -OCH3 is 1. The summed E-state index contributed by atoms with van der Waals surface area (Å²) in [7, 11) is 3.18. The molecule has 1 atom stereocenters. The van der Waals surface area contributed by atoms with Crippen molar-refractivity contribution in [3.05, 3.63) is 11.8 Å². The van der Waals surface area contributed by atoms with Crippen LogP contribution in [0.5, 0.6) is 0 Å². The zero-order valence-electron chi connectivity index (χ0n) is 10.9. The molecular formula is C11H17N3O4. The van der Waals surface area contributed by atoms with E-state index in [1.807, 2.05) is 13.8 Å². The van der Waals surface area contributed by atoms with Crippen molar-refractivity contribution in [1.82, 2.24) is 10.1 Å². The zero-order valence-corrected chi connectivity index (χ0v) is 10.9. The molecule has 1 aliphatic heterocycles. The fourth-order valence-electron chi connectivity index (χ4n) is 1.73. The molecule has 100 valence electrons. The summed E-state index contributed by atoms with van der Waals surface area (Å²) in [6, 6.07) is 1.29. The molecule has 0 aromatic carbocycles. The minimum Gasteiger partial charge on any atom is -0.371 e. The van der Waals surface area contributed by atoms with E-state index in [0.29, 0.717) is 5.76 Å². The number of carbonyl (C=O) groups excluding carboxylic acids is 1. The number of aromatic nitrogens is 1. The summed E-state index contributed by atoms with van der Waals surface area (Å²) < 4.78 is 10.4. The Morgan fingerprint density at radius 2 is 2.28 bits per heavy atom. The Bertz CT molecular complexity index is 457. The molecule has 1 unspecified atom stereocenters. The minimum atomic E-state index is -0.911. The third-order valence-corrected chi connectivity index (χ3v) is 3.12. The second kappa shape index (κ2) is 4.25. The topological polar surface area (TPSA) is 79.0 Å². The first kappa shape index (κ1) is 12.8. The lowest BCUT2D eigenvalue weighted by Gasteiger charge is -2.18. The van der Waals surface area contributed by atoms with Gasteiger partial charge in [-0.3, -0.25) is 0 Å². The van der Waals surface area contributed by atoms with Gasteiger partial charge in [0.2, 0.25) is 0 Å². The Labute approximate surface area is 105 Å². The van der Waals surface area contributed by atoms with Crippen molar-refractivity contribution in [2.24, 2.45) is 0 Å². The van der Waals surface area contributed by atoms with Gasteiger partial charge in [-0.05, 0) is 13.8 Å². The highest BCUT2D eigenvalue weighted by molar-refractivity contribution is 5.93. The molecule has 0 aliphatic carbocycles. The van der Waals surface area contributed by atoms with E-state index in [1.165, 1.54) is 9.80 Å². The smallest absolute Gasteiger partial charge is 0.327 e. The Morgan fingerprint density at radius 3 is 2.78 bits per heavy atom. The molecule has 2 rings (SSSR count). The summed E-state index contributed by atoms with van der Waals surface area (Å²) >= 11 is 0. The Morgan fingerprint density at radius 1 is 1.61 bits per heavy atom. The summed E-state index contributed by atoms with van der Waals surface area (Å²) in [5.41, 5.74) is -0.634. The number of nitrogens with zero attached hydrogens (tertiary/aromatic N) is 3. The lowest BCUT2D eigenvalue weighted by Crippen LogP contribution is -2.34. The lowest BCUT2D eigenvalue weighted by molar-refractivity contribution is -0.00346. The van der Waals surface area contributed by atoms with Crippen LogP contribution in [0.25, 0.3) is 0 Å². The number of aliphatic hydroxyl groups is 1. The Balaban J connectivity index is 2.28. The maximum Gasteiger partial charge on any atom is 0.327 e. The van der Waals surface area contributed by atoms with Gasteiger partial charge in [-0.1, -0.05) is 5.16 Å². The van der Waals surface area contributed by atoms with Crippen LogP contribution in [-0.4, -0.2) is 48.1 Å². The molecule has 2 amide bonds. The van der Waals surface area contributed by atoms with E-state index in [1.54, 1.807) is 20.2 Å². The molecule has 7 heteroatoms. The highest BCUT2D eigenvalue weighted by Gasteiger charge is 2.38. The van der Waals surface area contributed by atoms with Crippen molar-refractivity contribution >= 4 is 11.8 Å². The van der Waals surface area contributed by atoms with Gasteiger partial charge in [-0.15, -0.1) is 0 Å². The average molecular weight is 255 g/mol. The largest absolute Gasteiger partial charge is 0.371 e. The first-order valence-corrected chi connectivity index (χ1v) is 5.61. The molecule has 0 radical (unpaired) electrons. The van der Waals surface area contributed by atoms with Crippen molar-refractivity contribution in [2.75, 3.05) is 25.6 Å². The molecule has 1 N–H and O–H groups in total. The Kier molecular flexibility index (Phi) is 3.04. The number of likely N-dealkylation sites (N-methyl/N-ethyl adjacent to an activating group) is 1. The molecule has 1 aromatic rings. The van der Waals surface area contributed by atoms with Crippen LogP contribution < -0.4 is 4.90 Å². The van der Waals surface area contributed by atoms with Gasteiger partial charge in [-0.25, -0.2) is 9.69 Å². The molecule has 0 bridgehead atoms. The van der Waals surface area contributed by atoms with E-state index in [-0.39, 0.29) is 18.4 Å². The van der Waals surface area contributed by atoms with Crippen molar-refractivity contribution < 1.29 is 19.2 Å². The maximum atomic E-state index is 11.8. The standard InChI is InChI=1S/C11H17N3O4/c1-11(2,17-4)7-5-8(12-18-7)14-9(15)6-13(3)10(14)16/h5,9,15H,6H2,1-4H3. The summed E-state index contributed by atoms with van der Waals surface area (Å²) in [4.78, 5) is 14.4. The molecule has 18 heavy (non-hydrogen) atoms. The van der Waals surface area contributed by atoms with Crippen LogP contribution >= 0.6 is 0 Å². The van der Waals surface area contributed by atoms with Crippen LogP contribution in [0.3, 0.4) is 0 Å². The van der Waals surface area contributed by atoms with E-state index < -0.39 is 11.8 Å². The molecule has 1 aliphatic rings. The van der Waals surface area contributed by atoms with Crippen LogP contribution in [0.2, 0.25) is 0 Å². The van der Waals surface area contributed by atoms with Gasteiger partial charge in [0.05, 0.1) is 6.54 Å². The third kappa shape index (κ3) is 1.95. The second-order valence-electron chi connectivity index (χ2n) is 4.78. The zero-order chi connectivity index (χ0) is 13.5. The van der Waals surface area contributed by atoms with Gasteiger partial charge in [0.25, 0.3) is 0 Å². The van der Waals surface area contributed by atoms with Crippen LogP contribution in [0, 0.1) is 0 Å². The highest BCUT2D eigenvalue weighted by atomic mass is 16.5. The van der Waals surface area contributed by atoms with Gasteiger partial charge >= 0.3 is 6.03 Å². The van der Waals surface area contributed by atoms with Gasteiger partial charge < -0.3 is 19.3 Å². The SMILES string of the molecule is COC(C)(C)c1cc(N2C(=O)N(C)CC2O)no1. The average Bonchev–Trinajstić information content (AvgIpc) is 2.86. The van der Waals surface area contributed by atoms with E-state index >= 15 is 0 Å². The predicted molar refractivity (Wildman–Crippen MR) is 63.0 cm³/mol. The molecule has 0 saturated carbocycles. The van der Waals surface area contributed by atoms with Crippen LogP contribution in [0.1, 0.15) is 19.6 Å². The second-order valence-corrected chi connectivity index (χ2v) is 4.78. The summed E-state index contributed by atoms with van der Waals surface area (Å²) in [6.45, 7) is 3.89. The van der Waals surface area contributed by atoms with Crippen molar-refractivity contribution in [1.29, 1.82) is 0 Å². The summed E-state index contributed by atoms with van der Waals surface area (Å²) in [5, 5.41) is 13.6. The Hall–Kier alpha value is -1.60. The van der Waals surface area contributed by atoms with Crippen molar-refractivity contribution in [3.8, 4) is 0 Å². The number of ether oxygens (including phenoxy) is 1. The van der Waals surface area contributed by atoms with E-state index in [9.17, 15) is 9.90 Å². The fraction of sp³-hybridized carbons (Fsp3) is 0.636. The number of hydrogen-bond donors (Lipinski definition) is 1. The van der Waals surface area contributed by atoms with Gasteiger partial charge in [0, 0.05) is 20.2 Å². The monoisotopic (exact) mass is 255 g/mol. The van der Waals surface area contributed by atoms with Crippen molar-refractivity contribution in [2.45, 2.75) is 25.7 Å². The van der Waals surface area contributed by atoms with E-state index in [0.717, 1.165) is 0 Å². The molecule has 1 aromatic heterocycles. The normalized spacial score (nSPS) is 20.9. The highest BCUT2D eigenvalue weighted by Crippen LogP contribution is 2.29. The number of amides is 2. The van der Waals surface area contributed by atoms with Crippen LogP contribution in [0.15, 0.2) is 10.6 Å². The number of β-amino-alcohol motifs (C(OH)–C–C–N with tert-alkyl or cyclic N) is 1. The minimum absolute atomic E-state index is 0.245. The van der Waals surface area contributed by atoms with Crippen molar-refractivity contribution in [3.63, 3.8) is 0 Å². The maximum absolute atomic E-state index is 11.8. The number of hydrogen-bond acceptors (Lipinski definition) is 5. The fourth-order valence-corrected chi connectivity index (χ4v) is 1.73. The first-order valence-electron chi connectivity index (χ1n) is 5.61. The lowest BCUT2D eigenvalue weighted by atomic mass is 10.1. The molecular weight excluding hydrogens is 238 g/mol. The number of urea groups is 1. The molecule has 1 saturated heterocycles. The quantitative estimate of drug-likeness (QED) is 0.862. The van der Waals surface area contributed by atoms with E-state index in [4.69, 9.17) is 9.26 Å². The molecule has 1 fully saturated rings. The van der Waals surface area contributed by atoms with Crippen LogP contribution in [-0.2, 0) is 10.3 Å². The number of carbonyl (C=O) groups is 1. The number of rotatable bonds is 3. The molecule has 0 spiro atoms. The van der Waals surface area contributed by atoms with Gasteiger partial charge in [0.15, 0.2) is 17.8 Å². The van der Waals surface area contributed by atoms with E-state index in [2.05, 4.69) is 5.16 Å². The van der Waals surface area contributed by atoms with Crippen LogP contribution in [0.4, 0.5) is 10.6 Å². The first-order chi connectivity index (χ1) is 8.36. The van der Waals surface area contributed by atoms with Gasteiger partial charge in [-0.2, -0.15) is 0 Å². The summed E-state index contributed by atoms with van der Waals surface area (Å²) in [6.07, 6.45) is -0.911. The predicted octanol–water partition coefficient (Wildman–Crippen LogP) is 0.746. The molecule has 7 nitrogen and oxygen atoms in total. The number of aliphatic hydroxyl groups excluding tert-OH is 1. The third-order valence-electron chi connectivity index (χ3n) is 3.12. The molecule has 2 heterocycles. The summed E-state index contributed by atoms with van der Waals surface area (Å²) in [5.74, 6) is 0.784.